The minimum Gasteiger partial charge on any atom is -0.343 e. The summed E-state index contributed by atoms with van der Waals surface area (Å²) in [6.45, 7) is 5.52. The van der Waals surface area contributed by atoms with Crippen LogP contribution in [0.2, 0.25) is 0 Å². The summed E-state index contributed by atoms with van der Waals surface area (Å²) in [6, 6.07) is 12.4. The topological polar surface area (TPSA) is 128 Å². The van der Waals surface area contributed by atoms with Crippen LogP contribution in [0.5, 0.6) is 0 Å². The lowest BCUT2D eigenvalue weighted by Gasteiger charge is -2.34. The molecule has 4 atom stereocenters. The molecule has 3 N–H and O–H groups in total. The van der Waals surface area contributed by atoms with Gasteiger partial charge in [0.25, 0.3) is 5.91 Å². The van der Waals surface area contributed by atoms with E-state index in [0.29, 0.717) is 25.1 Å². The summed E-state index contributed by atoms with van der Waals surface area (Å²) in [5.41, 5.74) is 1.41. The molecule has 1 saturated heterocycles. The summed E-state index contributed by atoms with van der Waals surface area (Å²) < 4.78 is 0. The molecule has 2 heterocycles. The molecule has 2 aromatic rings. The molecule has 0 aliphatic carbocycles. The number of hydrogen-bond donors (Lipinski definition) is 3. The molecule has 0 spiro atoms. The highest BCUT2D eigenvalue weighted by Gasteiger charge is 2.40. The van der Waals surface area contributed by atoms with Gasteiger partial charge in [0, 0.05) is 20.0 Å². The fraction of sp³-hybridized carbons (Fsp3) is 0.433. The van der Waals surface area contributed by atoms with Crippen LogP contribution in [0, 0.1) is 5.92 Å². The second-order valence-electron chi connectivity index (χ2n) is 10.8. The number of carbonyl (C=O) groups excluding carboxylic acids is 5. The minimum absolute atomic E-state index is 0.226. The normalized spacial score (nSPS) is 24.8. The molecule has 10 nitrogen and oxygen atoms in total. The van der Waals surface area contributed by atoms with Crippen molar-refractivity contribution < 1.29 is 24.0 Å². The molecule has 2 aliphatic rings. The van der Waals surface area contributed by atoms with Crippen molar-refractivity contribution in [2.45, 2.75) is 64.2 Å². The Morgan fingerprint density at radius 1 is 0.875 bits per heavy atom. The van der Waals surface area contributed by atoms with Crippen molar-refractivity contribution in [3.63, 3.8) is 0 Å². The number of rotatable bonds is 3. The maximum atomic E-state index is 13.8. The van der Waals surface area contributed by atoms with Gasteiger partial charge in [0.1, 0.15) is 24.2 Å². The SMILES string of the molecule is CC(C)[C@@H]1NC(=O)[C@@H](C)NC(=O)[C@H](Cc2ccccc2)N(C)C(=O)[C@@H]2CCCN2C(=O)c2ccccc2NC1=O. The maximum Gasteiger partial charge on any atom is 0.256 e. The van der Waals surface area contributed by atoms with Gasteiger partial charge in [0.15, 0.2) is 0 Å². The molecule has 5 amide bonds. The molecule has 212 valence electrons. The van der Waals surface area contributed by atoms with Gasteiger partial charge in [-0.15, -0.1) is 0 Å². The van der Waals surface area contributed by atoms with E-state index in [0.717, 1.165) is 5.56 Å². The molecular weight excluding hydrogens is 510 g/mol. The summed E-state index contributed by atoms with van der Waals surface area (Å²) >= 11 is 0. The molecule has 0 bridgehead atoms. The number of fused-ring (bicyclic) bond motifs is 2. The third-order valence-electron chi connectivity index (χ3n) is 7.60. The van der Waals surface area contributed by atoms with Gasteiger partial charge in [-0.25, -0.2) is 0 Å². The Morgan fingerprint density at radius 3 is 2.25 bits per heavy atom. The average molecular weight is 548 g/mol. The number of nitrogens with one attached hydrogen (secondary N) is 3. The van der Waals surface area contributed by atoms with Crippen molar-refractivity contribution in [1.29, 1.82) is 0 Å². The Morgan fingerprint density at radius 2 is 1.55 bits per heavy atom. The van der Waals surface area contributed by atoms with Crippen LogP contribution in [0.1, 0.15) is 49.5 Å². The molecule has 4 rings (SSSR count). The molecule has 2 aromatic carbocycles. The Hall–Kier alpha value is -4.21. The molecular formula is C30H37N5O5. The van der Waals surface area contributed by atoms with Crippen LogP contribution >= 0.6 is 0 Å². The first-order valence-corrected chi connectivity index (χ1v) is 13.7. The fourth-order valence-electron chi connectivity index (χ4n) is 5.23. The molecule has 2 aliphatic heterocycles. The van der Waals surface area contributed by atoms with Crippen LogP contribution in [0.25, 0.3) is 0 Å². The van der Waals surface area contributed by atoms with Crippen LogP contribution in [-0.2, 0) is 25.6 Å². The molecule has 0 saturated carbocycles. The zero-order chi connectivity index (χ0) is 29.0. The largest absolute Gasteiger partial charge is 0.343 e. The van der Waals surface area contributed by atoms with Gasteiger partial charge >= 0.3 is 0 Å². The molecule has 40 heavy (non-hydrogen) atoms. The van der Waals surface area contributed by atoms with Crippen molar-refractivity contribution in [3.8, 4) is 0 Å². The Bertz CT molecular complexity index is 1280. The molecule has 0 radical (unpaired) electrons. The third-order valence-corrected chi connectivity index (χ3v) is 7.60. The van der Waals surface area contributed by atoms with Gasteiger partial charge in [-0.1, -0.05) is 56.3 Å². The maximum absolute atomic E-state index is 13.8. The number of para-hydroxylation sites is 1. The first-order chi connectivity index (χ1) is 19.1. The van der Waals surface area contributed by atoms with E-state index < -0.39 is 41.9 Å². The summed E-state index contributed by atoms with van der Waals surface area (Å²) in [5.74, 6) is -2.52. The Labute approximate surface area is 234 Å². The number of likely N-dealkylation sites (N-methyl/N-ethyl adjacent to an activating group) is 1. The number of nitrogens with zero attached hydrogens (tertiary/aromatic N) is 2. The van der Waals surface area contributed by atoms with E-state index >= 15 is 0 Å². The highest BCUT2D eigenvalue weighted by molar-refractivity contribution is 6.07. The number of carbonyl (C=O) groups is 5. The number of hydrogen-bond acceptors (Lipinski definition) is 5. The molecule has 10 heteroatoms. The van der Waals surface area contributed by atoms with Crippen molar-refractivity contribution >= 4 is 35.2 Å². The van der Waals surface area contributed by atoms with E-state index in [1.807, 2.05) is 30.3 Å². The Balaban J connectivity index is 1.76. The number of amides is 5. The quantitative estimate of drug-likeness (QED) is 0.541. The Kier molecular flexibility index (Phi) is 8.86. The van der Waals surface area contributed by atoms with Crippen molar-refractivity contribution in [2.24, 2.45) is 5.92 Å². The van der Waals surface area contributed by atoms with Gasteiger partial charge in [-0.05, 0) is 43.4 Å². The van der Waals surface area contributed by atoms with E-state index in [2.05, 4.69) is 16.0 Å². The molecule has 1 fully saturated rings. The van der Waals surface area contributed by atoms with Gasteiger partial charge in [-0.2, -0.15) is 0 Å². The second-order valence-corrected chi connectivity index (χ2v) is 10.8. The van der Waals surface area contributed by atoms with E-state index in [1.165, 1.54) is 9.80 Å². The fourth-order valence-corrected chi connectivity index (χ4v) is 5.23. The zero-order valence-electron chi connectivity index (χ0n) is 23.3. The van der Waals surface area contributed by atoms with Gasteiger partial charge in [0.2, 0.25) is 23.6 Å². The first kappa shape index (κ1) is 28.8. The third kappa shape index (κ3) is 6.16. The highest BCUT2D eigenvalue weighted by atomic mass is 16.2. The smallest absolute Gasteiger partial charge is 0.256 e. The second kappa shape index (κ2) is 12.3. The predicted molar refractivity (Wildman–Crippen MR) is 150 cm³/mol. The van der Waals surface area contributed by atoms with Crippen LogP contribution < -0.4 is 16.0 Å². The lowest BCUT2D eigenvalue weighted by Crippen LogP contribution is -2.58. The monoisotopic (exact) mass is 547 g/mol. The van der Waals surface area contributed by atoms with E-state index in [4.69, 9.17) is 0 Å². The zero-order valence-corrected chi connectivity index (χ0v) is 23.3. The van der Waals surface area contributed by atoms with Crippen LogP contribution in [0.4, 0.5) is 5.69 Å². The lowest BCUT2D eigenvalue weighted by atomic mass is 10.0. The van der Waals surface area contributed by atoms with Crippen LogP contribution in [-0.4, -0.2) is 77.1 Å². The number of anilines is 1. The minimum atomic E-state index is -0.965. The van der Waals surface area contributed by atoms with E-state index in [9.17, 15) is 24.0 Å². The number of benzene rings is 2. The van der Waals surface area contributed by atoms with Crippen LogP contribution in [0.15, 0.2) is 54.6 Å². The van der Waals surface area contributed by atoms with Crippen molar-refractivity contribution in [2.75, 3.05) is 18.9 Å². The average Bonchev–Trinajstić information content (AvgIpc) is 3.43. The lowest BCUT2D eigenvalue weighted by molar-refractivity contribution is -0.142. The van der Waals surface area contributed by atoms with Crippen LogP contribution in [0.3, 0.4) is 0 Å². The van der Waals surface area contributed by atoms with E-state index in [1.54, 1.807) is 52.1 Å². The van der Waals surface area contributed by atoms with Gasteiger partial charge < -0.3 is 25.8 Å². The summed E-state index contributed by atoms with van der Waals surface area (Å²) in [6.07, 6.45) is 1.31. The predicted octanol–water partition coefficient (Wildman–Crippen LogP) is 1.96. The molecule has 0 unspecified atom stereocenters. The van der Waals surface area contributed by atoms with Crippen molar-refractivity contribution in [3.05, 3.63) is 65.7 Å². The summed E-state index contributed by atoms with van der Waals surface area (Å²) in [5, 5.41) is 8.27. The molecule has 0 aromatic heterocycles. The van der Waals surface area contributed by atoms with Crippen molar-refractivity contribution in [1.82, 2.24) is 20.4 Å². The summed E-state index contributed by atoms with van der Waals surface area (Å²) in [7, 11) is 1.56. The summed E-state index contributed by atoms with van der Waals surface area (Å²) in [4.78, 5) is 70.5. The van der Waals surface area contributed by atoms with Gasteiger partial charge in [-0.3, -0.25) is 24.0 Å². The first-order valence-electron chi connectivity index (χ1n) is 13.7. The van der Waals surface area contributed by atoms with E-state index in [-0.39, 0.29) is 29.7 Å². The standard InChI is InChI=1S/C30H37N5O5/c1-18(2)25-28(38)32-22-14-9-8-13-21(22)29(39)35-16-10-15-23(35)30(40)34(4)24(17-20-11-6-5-7-12-20)27(37)31-19(3)26(36)33-25/h5-9,11-14,18-19,23-25H,10,15-17H2,1-4H3,(H,31,37)(H,32,38)(H,33,36)/t19-,23+,24+,25+/m1/s1. The van der Waals surface area contributed by atoms with Gasteiger partial charge in [0.05, 0.1) is 11.3 Å². The highest BCUT2D eigenvalue weighted by Crippen LogP contribution is 2.26.